The number of amides is 2. The molecule has 242 valence electrons. The van der Waals surface area contributed by atoms with E-state index < -0.39 is 11.7 Å². The minimum atomic E-state index is -4.59. The zero-order valence-corrected chi connectivity index (χ0v) is 26.2. The maximum atomic E-state index is 13.9. The van der Waals surface area contributed by atoms with Crippen molar-refractivity contribution >= 4 is 23.5 Å². The third-order valence-corrected chi connectivity index (χ3v) is 8.99. The molecule has 2 aliphatic rings. The second-order valence-electron chi connectivity index (χ2n) is 12.0. The summed E-state index contributed by atoms with van der Waals surface area (Å²) in [4.78, 5) is 37.5. The highest BCUT2D eigenvalue weighted by Crippen LogP contribution is 2.35. The zero-order chi connectivity index (χ0) is 31.9. The Balaban J connectivity index is 1.45. The van der Waals surface area contributed by atoms with Crippen molar-refractivity contribution in [2.24, 2.45) is 5.92 Å². The summed E-state index contributed by atoms with van der Waals surface area (Å²) in [6, 6.07) is 5.09. The first-order valence-electron chi connectivity index (χ1n) is 15.6. The Morgan fingerprint density at radius 2 is 1.86 bits per heavy atom. The average molecular weight is 619 g/mol. The van der Waals surface area contributed by atoms with Crippen LogP contribution in [-0.4, -0.2) is 78.0 Å². The number of piperidine rings is 1. The Kier molecular flexibility index (Phi) is 11.5. The van der Waals surface area contributed by atoms with Gasteiger partial charge in [-0.3, -0.25) is 9.59 Å². The third kappa shape index (κ3) is 8.61. The first-order chi connectivity index (χ1) is 21.0. The highest BCUT2D eigenvalue weighted by Gasteiger charge is 2.35. The molecule has 1 aliphatic carbocycles. The third-order valence-electron chi connectivity index (χ3n) is 8.99. The molecule has 9 nitrogen and oxygen atoms in total. The number of nitrogens with one attached hydrogen (secondary N) is 2. The van der Waals surface area contributed by atoms with Crippen LogP contribution in [0, 0.1) is 5.92 Å². The van der Waals surface area contributed by atoms with Crippen molar-refractivity contribution in [3.63, 3.8) is 0 Å². The molecular weight excluding hydrogens is 573 g/mol. The summed E-state index contributed by atoms with van der Waals surface area (Å²) in [5.74, 6) is 0.494. The molecule has 2 heterocycles. The first-order valence-corrected chi connectivity index (χ1v) is 15.6. The number of halogens is 3. The quantitative estimate of drug-likeness (QED) is 0.327. The van der Waals surface area contributed by atoms with E-state index in [0.717, 1.165) is 57.8 Å². The van der Waals surface area contributed by atoms with Gasteiger partial charge in [0.15, 0.2) is 0 Å². The smallest absolute Gasteiger partial charge is 0.419 e. The van der Waals surface area contributed by atoms with Gasteiger partial charge >= 0.3 is 6.18 Å². The number of alkyl halides is 3. The molecule has 1 aromatic carbocycles. The molecule has 2 amide bonds. The molecule has 2 N–H and O–H groups in total. The van der Waals surface area contributed by atoms with Crippen LogP contribution in [0.25, 0.3) is 0 Å². The van der Waals surface area contributed by atoms with Crippen molar-refractivity contribution in [2.75, 3.05) is 39.6 Å². The number of likely N-dealkylation sites (tertiary alicyclic amines) is 1. The second-order valence-corrected chi connectivity index (χ2v) is 12.0. The lowest BCUT2D eigenvalue weighted by Crippen LogP contribution is -2.43. The molecule has 1 saturated heterocycles. The van der Waals surface area contributed by atoms with Gasteiger partial charge < -0.3 is 25.2 Å². The highest BCUT2D eigenvalue weighted by molar-refractivity contribution is 5.95. The molecule has 12 heteroatoms. The van der Waals surface area contributed by atoms with Gasteiger partial charge in [-0.05, 0) is 89.2 Å². The number of methoxy groups -OCH3 is 1. The van der Waals surface area contributed by atoms with E-state index in [1.54, 1.807) is 18.2 Å². The van der Waals surface area contributed by atoms with Gasteiger partial charge in [-0.1, -0.05) is 19.8 Å². The zero-order valence-electron chi connectivity index (χ0n) is 26.2. The van der Waals surface area contributed by atoms with Gasteiger partial charge in [0.25, 0.3) is 5.91 Å². The van der Waals surface area contributed by atoms with E-state index in [9.17, 15) is 22.8 Å². The van der Waals surface area contributed by atoms with E-state index in [1.807, 2.05) is 18.9 Å². The summed E-state index contributed by atoms with van der Waals surface area (Å²) in [7, 11) is 5.35. The number of carbonyl (C=O) groups is 2. The van der Waals surface area contributed by atoms with Crippen molar-refractivity contribution in [2.45, 2.75) is 89.4 Å². The van der Waals surface area contributed by atoms with E-state index >= 15 is 0 Å². The Morgan fingerprint density at radius 3 is 2.55 bits per heavy atom. The van der Waals surface area contributed by atoms with Crippen molar-refractivity contribution in [1.82, 2.24) is 25.1 Å². The largest absolute Gasteiger partial charge is 0.495 e. The van der Waals surface area contributed by atoms with Gasteiger partial charge in [-0.25, -0.2) is 9.97 Å². The van der Waals surface area contributed by atoms with Crippen LogP contribution in [0.3, 0.4) is 0 Å². The van der Waals surface area contributed by atoms with E-state index in [1.165, 1.54) is 7.11 Å². The molecule has 1 aromatic heterocycles. The molecule has 1 saturated carbocycles. The lowest BCUT2D eigenvalue weighted by molar-refractivity contribution is -0.138. The van der Waals surface area contributed by atoms with Gasteiger partial charge in [0.2, 0.25) is 11.9 Å². The molecule has 0 spiro atoms. The Bertz CT molecular complexity index is 1280. The molecule has 0 bridgehead atoms. The van der Waals surface area contributed by atoms with E-state index in [-0.39, 0.29) is 47.9 Å². The van der Waals surface area contributed by atoms with Gasteiger partial charge in [-0.2, -0.15) is 13.2 Å². The van der Waals surface area contributed by atoms with Crippen LogP contribution < -0.4 is 15.4 Å². The Labute approximate surface area is 257 Å². The lowest BCUT2D eigenvalue weighted by atomic mass is 9.80. The summed E-state index contributed by atoms with van der Waals surface area (Å²) < 4.78 is 47.2. The fraction of sp³-hybridized carbons (Fsp3) is 0.625. The molecule has 2 fully saturated rings. The summed E-state index contributed by atoms with van der Waals surface area (Å²) >= 11 is 0. The van der Waals surface area contributed by atoms with Crippen LogP contribution in [0.15, 0.2) is 24.4 Å². The Hall–Kier alpha value is -3.41. The molecule has 1 aliphatic heterocycles. The Morgan fingerprint density at radius 1 is 1.14 bits per heavy atom. The number of anilines is 2. The summed E-state index contributed by atoms with van der Waals surface area (Å²) in [5.41, 5.74) is -0.0711. The minimum Gasteiger partial charge on any atom is -0.495 e. The topological polar surface area (TPSA) is 99.7 Å². The van der Waals surface area contributed by atoms with Gasteiger partial charge in [0, 0.05) is 37.3 Å². The predicted molar refractivity (Wildman–Crippen MR) is 163 cm³/mol. The number of carbonyl (C=O) groups excluding carboxylic acids is 2. The lowest BCUT2D eigenvalue weighted by Gasteiger charge is -2.38. The second kappa shape index (κ2) is 15.0. The van der Waals surface area contributed by atoms with Crippen LogP contribution in [-0.2, 0) is 17.4 Å². The van der Waals surface area contributed by atoms with Gasteiger partial charge in [-0.15, -0.1) is 0 Å². The standard InChI is InChI=1S/C32H45F3N6O3/c1-5-29(42)41(3)27-12-7-6-9-21(27)10-8-11-25-24(32(33,34)35)20-36-31(38-25)39-26-14-13-22(19-28(26)44-4)30(43)37-23-15-17-40(2)18-16-23/h13-14,19-21,23,27H,5-12,15-18H2,1-4H3,(H,37,43)(H,36,38,39). The highest BCUT2D eigenvalue weighted by atomic mass is 19.4. The average Bonchev–Trinajstić information content (AvgIpc) is 3.01. The molecule has 44 heavy (non-hydrogen) atoms. The first kappa shape index (κ1) is 33.5. The van der Waals surface area contributed by atoms with Gasteiger partial charge in [0.05, 0.1) is 24.1 Å². The van der Waals surface area contributed by atoms with E-state index in [4.69, 9.17) is 4.74 Å². The minimum absolute atomic E-state index is 0.0126. The summed E-state index contributed by atoms with van der Waals surface area (Å²) in [6.07, 6.45) is 3.77. The summed E-state index contributed by atoms with van der Waals surface area (Å²) in [5, 5.41) is 6.05. The maximum absolute atomic E-state index is 13.9. The fourth-order valence-corrected chi connectivity index (χ4v) is 6.38. The van der Waals surface area contributed by atoms with Crippen LogP contribution in [0.4, 0.5) is 24.8 Å². The number of benzene rings is 1. The van der Waals surface area contributed by atoms with Crippen LogP contribution >= 0.6 is 0 Å². The number of hydrogen-bond donors (Lipinski definition) is 2. The molecule has 2 unspecified atom stereocenters. The van der Waals surface area contributed by atoms with Crippen LogP contribution in [0.1, 0.15) is 86.3 Å². The molecule has 2 atom stereocenters. The normalized spacial score (nSPS) is 19.8. The number of ether oxygens (including phenoxy) is 1. The van der Waals surface area contributed by atoms with Crippen molar-refractivity contribution < 1.29 is 27.5 Å². The maximum Gasteiger partial charge on any atom is 0.419 e. The number of nitrogens with zero attached hydrogens (tertiary/aromatic N) is 4. The monoisotopic (exact) mass is 618 g/mol. The number of rotatable bonds is 11. The summed E-state index contributed by atoms with van der Waals surface area (Å²) in [6.45, 7) is 3.68. The van der Waals surface area contributed by atoms with Crippen LogP contribution in [0.2, 0.25) is 0 Å². The number of aromatic nitrogens is 2. The molecule has 4 rings (SSSR count). The van der Waals surface area contributed by atoms with Crippen LogP contribution in [0.5, 0.6) is 5.75 Å². The molecule has 0 radical (unpaired) electrons. The van der Waals surface area contributed by atoms with Crippen molar-refractivity contribution in [3.05, 3.63) is 41.2 Å². The van der Waals surface area contributed by atoms with Crippen molar-refractivity contribution in [3.8, 4) is 5.75 Å². The van der Waals surface area contributed by atoms with Crippen molar-refractivity contribution in [1.29, 1.82) is 0 Å². The van der Waals surface area contributed by atoms with Gasteiger partial charge in [0.1, 0.15) is 5.75 Å². The number of aryl methyl sites for hydroxylation is 1. The fourth-order valence-electron chi connectivity index (χ4n) is 6.38. The van der Waals surface area contributed by atoms with E-state index in [2.05, 4.69) is 32.5 Å². The SMILES string of the molecule is CCC(=O)N(C)C1CCCCC1CCCc1nc(Nc2ccc(C(=O)NC3CCN(C)CC3)cc2OC)ncc1C(F)(F)F. The predicted octanol–water partition coefficient (Wildman–Crippen LogP) is 5.82. The number of hydrogen-bond acceptors (Lipinski definition) is 7. The van der Waals surface area contributed by atoms with E-state index in [0.29, 0.717) is 36.3 Å². The molecule has 2 aromatic rings. The molecular formula is C32H45F3N6O3.